The lowest BCUT2D eigenvalue weighted by Crippen LogP contribution is -2.31. The lowest BCUT2D eigenvalue weighted by Gasteiger charge is -2.20. The van der Waals surface area contributed by atoms with Crippen LogP contribution in [0.4, 0.5) is 0 Å². The van der Waals surface area contributed by atoms with Crippen molar-refractivity contribution in [1.82, 2.24) is 9.13 Å². The summed E-state index contributed by atoms with van der Waals surface area (Å²) in [6.07, 6.45) is 0.793. The molecule has 1 heterocycles. The molecule has 0 fully saturated rings. The number of hydrogen-bond acceptors (Lipinski definition) is 2. The van der Waals surface area contributed by atoms with Gasteiger partial charge in [0.05, 0.1) is 36.8 Å². The number of nitrogens with zero attached hydrogens (tertiary/aromatic N) is 2. The van der Waals surface area contributed by atoms with E-state index in [2.05, 4.69) is 134 Å². The van der Waals surface area contributed by atoms with Crippen LogP contribution in [0.15, 0.2) is 97.1 Å². The first kappa shape index (κ1) is 26.7. The van der Waals surface area contributed by atoms with E-state index in [9.17, 15) is 5.41 Å². The Kier molecular flexibility index (Phi) is 8.13. The van der Waals surface area contributed by atoms with Crippen LogP contribution in [0.3, 0.4) is 0 Å². The molecule has 4 nitrogen and oxygen atoms in total. The number of imidazole rings is 1. The Morgan fingerprint density at radius 2 is 1.26 bits per heavy atom. The van der Waals surface area contributed by atoms with E-state index >= 15 is 0 Å². The molecule has 5 rings (SSSR count). The second-order valence-electron chi connectivity index (χ2n) is 11.0. The zero-order valence-electron chi connectivity index (χ0n) is 23.5. The maximum Gasteiger partial charge on any atom is 0.203 e. The molecule has 200 valence electrons. The van der Waals surface area contributed by atoms with Crippen LogP contribution in [0.1, 0.15) is 59.2 Å². The molecule has 0 amide bonds. The number of rotatable bonds is 10. The molecule has 0 spiro atoms. The average Bonchev–Trinajstić information content (AvgIpc) is 3.21. The first-order valence-electron chi connectivity index (χ1n) is 13.9. The van der Waals surface area contributed by atoms with Crippen molar-refractivity contribution in [3.05, 3.63) is 136 Å². The smallest absolute Gasteiger partial charge is 0.203 e. The van der Waals surface area contributed by atoms with Crippen molar-refractivity contribution in [1.29, 1.82) is 5.41 Å². The highest BCUT2D eigenvalue weighted by molar-refractivity contribution is 5.76. The predicted octanol–water partition coefficient (Wildman–Crippen LogP) is 7.71. The Bertz CT molecular complexity index is 1570. The van der Waals surface area contributed by atoms with Crippen LogP contribution >= 0.6 is 0 Å². The van der Waals surface area contributed by atoms with Crippen LogP contribution in [-0.4, -0.2) is 15.7 Å². The topological polar surface area (TPSA) is 42.9 Å². The summed E-state index contributed by atoms with van der Waals surface area (Å²) in [6.45, 7) is 10.4. The van der Waals surface area contributed by atoms with E-state index in [0.717, 1.165) is 17.5 Å². The van der Waals surface area contributed by atoms with Crippen molar-refractivity contribution >= 4 is 11.0 Å². The second kappa shape index (κ2) is 11.9. The molecule has 5 aromatic rings. The van der Waals surface area contributed by atoms with Crippen LogP contribution in [0.2, 0.25) is 0 Å². The summed E-state index contributed by atoms with van der Waals surface area (Å²) in [5.41, 5.74) is 10.1. The number of nitrogens with one attached hydrogen (secondary N) is 1. The van der Waals surface area contributed by atoms with Gasteiger partial charge in [-0.05, 0) is 60.6 Å². The minimum atomic E-state index is -0.0145. The minimum Gasteiger partial charge on any atom is -0.375 e. The summed E-state index contributed by atoms with van der Waals surface area (Å²) in [5, 5.41) is 9.33. The van der Waals surface area contributed by atoms with Gasteiger partial charge in [0.1, 0.15) is 0 Å². The standard InChI is InChI=1S/C35H39N3O/c1-25(2)31-19-17-30(18-20-31)23-39-24-32(21-28-13-9-26(3)10-14-28)38-34-8-6-5-7-33(34)37(35(38)36)22-29-15-11-27(4)12-16-29/h5-20,25,32,36H,21-24H2,1-4H3. The quantitative estimate of drug-likeness (QED) is 0.203. The van der Waals surface area contributed by atoms with Gasteiger partial charge in [-0.1, -0.05) is 110 Å². The van der Waals surface area contributed by atoms with Crippen LogP contribution in [0, 0.1) is 19.3 Å². The van der Waals surface area contributed by atoms with Crippen LogP contribution in [-0.2, 0) is 24.3 Å². The van der Waals surface area contributed by atoms with Gasteiger partial charge in [0, 0.05) is 0 Å². The van der Waals surface area contributed by atoms with E-state index in [1.54, 1.807) is 0 Å². The fraction of sp³-hybridized carbons (Fsp3) is 0.286. The van der Waals surface area contributed by atoms with Crippen molar-refractivity contribution in [3.8, 4) is 0 Å². The van der Waals surface area contributed by atoms with Crippen molar-refractivity contribution in [2.24, 2.45) is 0 Å². The summed E-state index contributed by atoms with van der Waals surface area (Å²) in [7, 11) is 0. The van der Waals surface area contributed by atoms with Gasteiger partial charge in [-0.3, -0.25) is 5.41 Å². The summed E-state index contributed by atoms with van der Waals surface area (Å²) >= 11 is 0. The molecule has 0 aliphatic heterocycles. The Hall–Kier alpha value is -3.89. The highest BCUT2D eigenvalue weighted by atomic mass is 16.5. The van der Waals surface area contributed by atoms with Gasteiger partial charge in [0.15, 0.2) is 0 Å². The first-order chi connectivity index (χ1) is 18.9. The molecule has 0 bridgehead atoms. The maximum absolute atomic E-state index is 9.33. The number of fused-ring (bicyclic) bond motifs is 1. The zero-order valence-corrected chi connectivity index (χ0v) is 23.5. The van der Waals surface area contributed by atoms with Crippen LogP contribution in [0.25, 0.3) is 11.0 Å². The van der Waals surface area contributed by atoms with E-state index in [-0.39, 0.29) is 6.04 Å². The lowest BCUT2D eigenvalue weighted by molar-refractivity contribution is 0.0893. The Morgan fingerprint density at radius 1 is 0.692 bits per heavy atom. The number of para-hydroxylation sites is 2. The molecular formula is C35H39N3O. The van der Waals surface area contributed by atoms with E-state index in [1.807, 2.05) is 0 Å². The molecule has 1 unspecified atom stereocenters. The van der Waals surface area contributed by atoms with Gasteiger partial charge in [0.2, 0.25) is 5.62 Å². The number of benzene rings is 4. The highest BCUT2D eigenvalue weighted by Gasteiger charge is 2.20. The van der Waals surface area contributed by atoms with Gasteiger partial charge in [-0.15, -0.1) is 0 Å². The zero-order chi connectivity index (χ0) is 27.4. The van der Waals surface area contributed by atoms with Crippen molar-refractivity contribution in [2.45, 2.75) is 59.2 Å². The Morgan fingerprint density at radius 3 is 1.87 bits per heavy atom. The summed E-state index contributed by atoms with van der Waals surface area (Å²) in [4.78, 5) is 0. The van der Waals surface area contributed by atoms with Gasteiger partial charge < -0.3 is 13.9 Å². The number of hydrogen-bond donors (Lipinski definition) is 1. The molecule has 0 aliphatic carbocycles. The molecule has 0 radical (unpaired) electrons. The van der Waals surface area contributed by atoms with Crippen molar-refractivity contribution in [3.63, 3.8) is 0 Å². The number of aromatic nitrogens is 2. The van der Waals surface area contributed by atoms with E-state index < -0.39 is 0 Å². The third-order valence-corrected chi connectivity index (χ3v) is 7.56. The minimum absolute atomic E-state index is 0.0145. The SMILES string of the molecule is Cc1ccc(CC(COCc2ccc(C(C)C)cc2)n2c(=N)n(Cc3ccc(C)cc3)c3ccccc32)cc1. The number of aryl methyl sites for hydroxylation is 2. The normalized spacial score (nSPS) is 12.3. The molecule has 0 aliphatic rings. The third kappa shape index (κ3) is 6.23. The molecule has 1 aromatic heterocycles. The predicted molar refractivity (Wildman–Crippen MR) is 160 cm³/mol. The summed E-state index contributed by atoms with van der Waals surface area (Å²) in [5.74, 6) is 0.517. The van der Waals surface area contributed by atoms with Crippen molar-refractivity contribution < 1.29 is 4.74 Å². The van der Waals surface area contributed by atoms with E-state index in [4.69, 9.17) is 4.74 Å². The molecule has 39 heavy (non-hydrogen) atoms. The second-order valence-corrected chi connectivity index (χ2v) is 11.0. The Labute approximate surface area is 232 Å². The molecule has 4 heteroatoms. The number of ether oxygens (including phenoxy) is 1. The fourth-order valence-corrected chi connectivity index (χ4v) is 5.19. The third-order valence-electron chi connectivity index (χ3n) is 7.56. The maximum atomic E-state index is 9.33. The average molecular weight is 518 g/mol. The molecule has 0 saturated heterocycles. The fourth-order valence-electron chi connectivity index (χ4n) is 5.19. The molecule has 0 saturated carbocycles. The highest BCUT2D eigenvalue weighted by Crippen LogP contribution is 2.23. The van der Waals surface area contributed by atoms with Gasteiger partial charge in [-0.25, -0.2) is 0 Å². The van der Waals surface area contributed by atoms with Crippen LogP contribution in [0.5, 0.6) is 0 Å². The van der Waals surface area contributed by atoms with Gasteiger partial charge >= 0.3 is 0 Å². The molecular weight excluding hydrogens is 478 g/mol. The summed E-state index contributed by atoms with van der Waals surface area (Å²) in [6, 6.07) is 34.4. The molecule has 1 atom stereocenters. The summed E-state index contributed by atoms with van der Waals surface area (Å²) < 4.78 is 10.7. The lowest BCUT2D eigenvalue weighted by atomic mass is 10.0. The van der Waals surface area contributed by atoms with Crippen LogP contribution < -0.4 is 5.62 Å². The van der Waals surface area contributed by atoms with E-state index in [0.29, 0.717) is 31.3 Å². The monoisotopic (exact) mass is 517 g/mol. The van der Waals surface area contributed by atoms with Crippen molar-refractivity contribution in [2.75, 3.05) is 6.61 Å². The van der Waals surface area contributed by atoms with E-state index in [1.165, 1.54) is 33.4 Å². The largest absolute Gasteiger partial charge is 0.375 e. The Balaban J connectivity index is 1.47. The molecule has 1 N–H and O–H groups in total. The van der Waals surface area contributed by atoms with Gasteiger partial charge in [-0.2, -0.15) is 0 Å². The van der Waals surface area contributed by atoms with Gasteiger partial charge in [0.25, 0.3) is 0 Å². The first-order valence-corrected chi connectivity index (χ1v) is 13.9. The molecule has 4 aromatic carbocycles.